The second kappa shape index (κ2) is 4.40. The van der Waals surface area contributed by atoms with Crippen LogP contribution in [0.2, 0.25) is 0 Å². The van der Waals surface area contributed by atoms with E-state index in [-0.39, 0.29) is 12.5 Å². The van der Waals surface area contributed by atoms with Crippen molar-refractivity contribution in [3.8, 4) is 0 Å². The average molecular weight is 208 g/mol. The van der Waals surface area contributed by atoms with Crippen LogP contribution in [-0.2, 0) is 0 Å². The van der Waals surface area contributed by atoms with Crippen LogP contribution in [0.3, 0.4) is 0 Å². The van der Waals surface area contributed by atoms with Gasteiger partial charge in [0.1, 0.15) is 0 Å². The SMILES string of the molecule is Cc1ncccc1C(=O)NCC(C)(C)O. The Morgan fingerprint density at radius 1 is 1.60 bits per heavy atom. The molecule has 82 valence electrons. The van der Waals surface area contributed by atoms with E-state index < -0.39 is 5.60 Å². The van der Waals surface area contributed by atoms with Gasteiger partial charge in [0.2, 0.25) is 0 Å². The Morgan fingerprint density at radius 3 is 2.80 bits per heavy atom. The van der Waals surface area contributed by atoms with Crippen LogP contribution < -0.4 is 5.32 Å². The molecule has 0 aliphatic rings. The van der Waals surface area contributed by atoms with Gasteiger partial charge < -0.3 is 10.4 Å². The summed E-state index contributed by atoms with van der Waals surface area (Å²) in [5, 5.41) is 12.1. The van der Waals surface area contributed by atoms with E-state index in [2.05, 4.69) is 10.3 Å². The summed E-state index contributed by atoms with van der Waals surface area (Å²) in [7, 11) is 0. The highest BCUT2D eigenvalue weighted by molar-refractivity contribution is 5.95. The van der Waals surface area contributed by atoms with Gasteiger partial charge in [-0.2, -0.15) is 0 Å². The molecule has 0 radical (unpaired) electrons. The molecule has 0 aromatic carbocycles. The number of aliphatic hydroxyl groups is 1. The number of carbonyl (C=O) groups excluding carboxylic acids is 1. The van der Waals surface area contributed by atoms with Crippen molar-refractivity contribution in [3.05, 3.63) is 29.6 Å². The highest BCUT2D eigenvalue weighted by Gasteiger charge is 2.15. The van der Waals surface area contributed by atoms with Crippen LogP contribution in [0.25, 0.3) is 0 Å². The normalized spacial score (nSPS) is 11.2. The molecule has 1 aromatic rings. The van der Waals surface area contributed by atoms with Gasteiger partial charge in [-0.3, -0.25) is 9.78 Å². The van der Waals surface area contributed by atoms with Crippen molar-refractivity contribution >= 4 is 5.91 Å². The van der Waals surface area contributed by atoms with E-state index in [1.807, 2.05) is 0 Å². The van der Waals surface area contributed by atoms with Gasteiger partial charge in [0, 0.05) is 18.4 Å². The fourth-order valence-electron chi connectivity index (χ4n) is 1.12. The summed E-state index contributed by atoms with van der Waals surface area (Å²) in [5.41, 5.74) is 0.332. The molecule has 1 heterocycles. The summed E-state index contributed by atoms with van der Waals surface area (Å²) in [6.07, 6.45) is 1.64. The maximum atomic E-state index is 11.6. The first-order valence-electron chi connectivity index (χ1n) is 4.82. The maximum absolute atomic E-state index is 11.6. The molecule has 0 atom stereocenters. The fourth-order valence-corrected chi connectivity index (χ4v) is 1.12. The maximum Gasteiger partial charge on any atom is 0.253 e. The van der Waals surface area contributed by atoms with E-state index in [1.54, 1.807) is 39.1 Å². The van der Waals surface area contributed by atoms with Crippen molar-refractivity contribution in [1.29, 1.82) is 0 Å². The van der Waals surface area contributed by atoms with Crippen molar-refractivity contribution in [2.45, 2.75) is 26.4 Å². The highest BCUT2D eigenvalue weighted by Crippen LogP contribution is 2.04. The van der Waals surface area contributed by atoms with Crippen molar-refractivity contribution in [2.24, 2.45) is 0 Å². The lowest BCUT2D eigenvalue weighted by Crippen LogP contribution is -2.38. The third-order valence-electron chi connectivity index (χ3n) is 1.93. The minimum atomic E-state index is -0.897. The van der Waals surface area contributed by atoms with Gasteiger partial charge in [0.05, 0.1) is 11.2 Å². The predicted octanol–water partition coefficient (Wildman–Crippen LogP) is 0.891. The van der Waals surface area contributed by atoms with E-state index in [1.165, 1.54) is 0 Å². The Morgan fingerprint density at radius 2 is 2.27 bits per heavy atom. The third kappa shape index (κ3) is 3.67. The zero-order chi connectivity index (χ0) is 11.5. The molecule has 0 fully saturated rings. The molecular weight excluding hydrogens is 192 g/mol. The molecule has 0 saturated carbocycles. The number of nitrogens with one attached hydrogen (secondary N) is 1. The predicted molar refractivity (Wildman–Crippen MR) is 57.6 cm³/mol. The number of hydrogen-bond acceptors (Lipinski definition) is 3. The molecule has 4 heteroatoms. The smallest absolute Gasteiger partial charge is 0.253 e. The standard InChI is InChI=1S/C11H16N2O2/c1-8-9(5-4-6-12-8)10(14)13-7-11(2,3)15/h4-6,15H,7H2,1-3H3,(H,13,14). The minimum Gasteiger partial charge on any atom is -0.389 e. The lowest BCUT2D eigenvalue weighted by Gasteiger charge is -2.17. The average Bonchev–Trinajstić information content (AvgIpc) is 2.14. The molecule has 0 unspecified atom stereocenters. The van der Waals surface area contributed by atoms with Gasteiger partial charge in [-0.1, -0.05) is 0 Å². The number of aromatic nitrogens is 1. The summed E-state index contributed by atoms with van der Waals surface area (Å²) >= 11 is 0. The van der Waals surface area contributed by atoms with Crippen molar-refractivity contribution in [3.63, 3.8) is 0 Å². The van der Waals surface area contributed by atoms with Crippen LogP contribution in [0.5, 0.6) is 0 Å². The summed E-state index contributed by atoms with van der Waals surface area (Å²) in [6, 6.07) is 3.42. The van der Waals surface area contributed by atoms with E-state index in [0.29, 0.717) is 11.3 Å². The number of hydrogen-bond donors (Lipinski definition) is 2. The number of carbonyl (C=O) groups is 1. The van der Waals surface area contributed by atoms with Crippen LogP contribution in [0, 0.1) is 6.92 Å². The van der Waals surface area contributed by atoms with Crippen LogP contribution in [0.4, 0.5) is 0 Å². The van der Waals surface area contributed by atoms with Crippen molar-refractivity contribution < 1.29 is 9.90 Å². The largest absolute Gasteiger partial charge is 0.389 e. The molecular formula is C11H16N2O2. The van der Waals surface area contributed by atoms with E-state index in [4.69, 9.17) is 0 Å². The molecule has 1 amide bonds. The summed E-state index contributed by atoms with van der Waals surface area (Å²) in [6.45, 7) is 5.28. The lowest BCUT2D eigenvalue weighted by molar-refractivity contribution is 0.0694. The van der Waals surface area contributed by atoms with Crippen molar-refractivity contribution in [2.75, 3.05) is 6.54 Å². The van der Waals surface area contributed by atoms with Gasteiger partial charge in [0.25, 0.3) is 5.91 Å². The monoisotopic (exact) mass is 208 g/mol. The number of rotatable bonds is 3. The molecule has 15 heavy (non-hydrogen) atoms. The number of aryl methyl sites for hydroxylation is 1. The Bertz CT molecular complexity index is 356. The highest BCUT2D eigenvalue weighted by atomic mass is 16.3. The van der Waals surface area contributed by atoms with Crippen LogP contribution in [0.1, 0.15) is 29.9 Å². The first kappa shape index (κ1) is 11.7. The molecule has 0 saturated heterocycles. The van der Waals surface area contributed by atoms with Gasteiger partial charge >= 0.3 is 0 Å². The van der Waals surface area contributed by atoms with E-state index in [9.17, 15) is 9.90 Å². The van der Waals surface area contributed by atoms with Gasteiger partial charge in [0.15, 0.2) is 0 Å². The quantitative estimate of drug-likeness (QED) is 0.775. The van der Waals surface area contributed by atoms with Crippen molar-refractivity contribution in [1.82, 2.24) is 10.3 Å². The zero-order valence-electron chi connectivity index (χ0n) is 9.24. The first-order chi connectivity index (χ1) is 6.90. The number of pyridine rings is 1. The second-order valence-electron chi connectivity index (χ2n) is 4.13. The molecule has 0 bridgehead atoms. The minimum absolute atomic E-state index is 0.206. The Balaban J connectivity index is 2.66. The number of amides is 1. The molecule has 1 rings (SSSR count). The Hall–Kier alpha value is -1.42. The number of nitrogens with zero attached hydrogens (tertiary/aromatic N) is 1. The molecule has 0 spiro atoms. The fraction of sp³-hybridized carbons (Fsp3) is 0.455. The second-order valence-corrected chi connectivity index (χ2v) is 4.13. The van der Waals surface area contributed by atoms with Gasteiger partial charge in [-0.05, 0) is 32.9 Å². The van der Waals surface area contributed by atoms with Crippen LogP contribution in [-0.4, -0.2) is 28.1 Å². The third-order valence-corrected chi connectivity index (χ3v) is 1.93. The molecule has 0 aliphatic heterocycles. The molecule has 4 nitrogen and oxygen atoms in total. The molecule has 0 aliphatic carbocycles. The summed E-state index contributed by atoms with van der Waals surface area (Å²) < 4.78 is 0. The zero-order valence-corrected chi connectivity index (χ0v) is 9.24. The van der Waals surface area contributed by atoms with E-state index in [0.717, 1.165) is 0 Å². The van der Waals surface area contributed by atoms with Gasteiger partial charge in [-0.25, -0.2) is 0 Å². The van der Waals surface area contributed by atoms with Gasteiger partial charge in [-0.15, -0.1) is 0 Å². The molecule has 2 N–H and O–H groups in total. The van der Waals surface area contributed by atoms with E-state index >= 15 is 0 Å². The lowest BCUT2D eigenvalue weighted by atomic mass is 10.1. The topological polar surface area (TPSA) is 62.2 Å². The van der Waals surface area contributed by atoms with Crippen LogP contribution in [0.15, 0.2) is 18.3 Å². The first-order valence-corrected chi connectivity index (χ1v) is 4.82. The summed E-state index contributed by atoms with van der Waals surface area (Å²) in [4.78, 5) is 15.7. The molecule has 1 aromatic heterocycles. The summed E-state index contributed by atoms with van der Waals surface area (Å²) in [5.74, 6) is -0.206. The van der Waals surface area contributed by atoms with Crippen LogP contribution >= 0.6 is 0 Å². The Labute approximate surface area is 89.3 Å². The Kier molecular flexibility index (Phi) is 3.42.